The predicted octanol–water partition coefficient (Wildman–Crippen LogP) is 3.60. The summed E-state index contributed by atoms with van der Waals surface area (Å²) in [4.78, 5) is 8.85. The second kappa shape index (κ2) is 5.67. The van der Waals surface area contributed by atoms with Crippen LogP contribution in [0.3, 0.4) is 0 Å². The molecular formula is C13H20ClN3. The summed E-state index contributed by atoms with van der Waals surface area (Å²) in [5.41, 5.74) is 0.964. The second-order valence-electron chi connectivity index (χ2n) is 4.83. The molecule has 0 aromatic carbocycles. The van der Waals surface area contributed by atoms with Gasteiger partial charge in [-0.3, -0.25) is 0 Å². The maximum Gasteiger partial charge on any atom is 0.137 e. The minimum absolute atomic E-state index is 0.583. The van der Waals surface area contributed by atoms with Gasteiger partial charge in [-0.05, 0) is 32.1 Å². The molecule has 1 aliphatic carbocycles. The van der Waals surface area contributed by atoms with Crippen molar-refractivity contribution in [1.29, 1.82) is 0 Å². The van der Waals surface area contributed by atoms with Crippen LogP contribution in [0.25, 0.3) is 0 Å². The lowest BCUT2D eigenvalue weighted by atomic mass is 9.85. The van der Waals surface area contributed by atoms with Crippen molar-refractivity contribution in [2.75, 3.05) is 11.9 Å². The molecule has 1 saturated carbocycles. The van der Waals surface area contributed by atoms with Crippen molar-refractivity contribution in [2.45, 2.75) is 46.0 Å². The second-order valence-corrected chi connectivity index (χ2v) is 5.19. The first-order valence-electron chi connectivity index (χ1n) is 6.47. The Kier molecular flexibility index (Phi) is 4.21. The molecule has 94 valence electrons. The zero-order chi connectivity index (χ0) is 12.3. The smallest absolute Gasteiger partial charge is 0.137 e. The molecule has 2 rings (SSSR count). The largest absolute Gasteiger partial charge is 0.369 e. The van der Waals surface area contributed by atoms with Crippen molar-refractivity contribution in [3.05, 3.63) is 16.5 Å². The van der Waals surface area contributed by atoms with E-state index < -0.39 is 0 Å². The summed E-state index contributed by atoms with van der Waals surface area (Å²) in [5, 5.41) is 4.00. The average molecular weight is 254 g/mol. The summed E-state index contributed by atoms with van der Waals surface area (Å²) < 4.78 is 0. The van der Waals surface area contributed by atoms with Gasteiger partial charge < -0.3 is 5.32 Å². The van der Waals surface area contributed by atoms with E-state index in [1.807, 2.05) is 6.92 Å². The standard InChI is InChI=1S/C13H20ClN3/c1-3-5-11-16-12(14)9(2)13(17-11)15-8-10-6-4-7-10/h10H,3-8H2,1-2H3,(H,15,16,17). The Hall–Kier alpha value is -0.830. The number of hydrogen-bond donors (Lipinski definition) is 1. The number of rotatable bonds is 5. The van der Waals surface area contributed by atoms with Gasteiger partial charge in [0.2, 0.25) is 0 Å². The van der Waals surface area contributed by atoms with Crippen molar-refractivity contribution < 1.29 is 0 Å². The topological polar surface area (TPSA) is 37.8 Å². The third kappa shape index (κ3) is 3.09. The summed E-state index contributed by atoms with van der Waals surface area (Å²) in [5.74, 6) is 2.58. The van der Waals surface area contributed by atoms with Gasteiger partial charge >= 0.3 is 0 Å². The van der Waals surface area contributed by atoms with Crippen LogP contribution in [0.2, 0.25) is 5.15 Å². The van der Waals surface area contributed by atoms with Crippen LogP contribution in [0.5, 0.6) is 0 Å². The molecule has 17 heavy (non-hydrogen) atoms. The van der Waals surface area contributed by atoms with E-state index in [4.69, 9.17) is 11.6 Å². The van der Waals surface area contributed by atoms with Gasteiger partial charge in [0.25, 0.3) is 0 Å². The molecule has 0 amide bonds. The first kappa shape index (κ1) is 12.6. The first-order valence-corrected chi connectivity index (χ1v) is 6.85. The fourth-order valence-corrected chi connectivity index (χ4v) is 2.17. The third-order valence-corrected chi connectivity index (χ3v) is 3.76. The van der Waals surface area contributed by atoms with Crippen LogP contribution in [0.4, 0.5) is 5.82 Å². The molecule has 0 atom stereocenters. The van der Waals surface area contributed by atoms with Gasteiger partial charge in [0.15, 0.2) is 0 Å². The number of aromatic nitrogens is 2. The van der Waals surface area contributed by atoms with E-state index in [0.717, 1.165) is 42.5 Å². The maximum atomic E-state index is 6.13. The van der Waals surface area contributed by atoms with Crippen molar-refractivity contribution in [3.8, 4) is 0 Å². The molecule has 1 aliphatic rings. The number of anilines is 1. The zero-order valence-electron chi connectivity index (χ0n) is 10.6. The molecule has 0 bridgehead atoms. The number of nitrogens with one attached hydrogen (secondary N) is 1. The normalized spacial score (nSPS) is 15.7. The third-order valence-electron chi connectivity index (χ3n) is 3.39. The number of aryl methyl sites for hydroxylation is 1. The molecular weight excluding hydrogens is 234 g/mol. The summed E-state index contributed by atoms with van der Waals surface area (Å²) in [6, 6.07) is 0. The van der Waals surface area contributed by atoms with Gasteiger partial charge in [-0.1, -0.05) is 24.9 Å². The van der Waals surface area contributed by atoms with E-state index in [2.05, 4.69) is 22.2 Å². The van der Waals surface area contributed by atoms with Crippen LogP contribution in [0.15, 0.2) is 0 Å². The van der Waals surface area contributed by atoms with Crippen molar-refractivity contribution in [2.24, 2.45) is 5.92 Å². The molecule has 1 aromatic rings. The van der Waals surface area contributed by atoms with Crippen LogP contribution in [0, 0.1) is 12.8 Å². The summed E-state index contributed by atoms with van der Waals surface area (Å²) in [7, 11) is 0. The highest BCUT2D eigenvalue weighted by molar-refractivity contribution is 6.30. The molecule has 0 spiro atoms. The fourth-order valence-electron chi connectivity index (χ4n) is 1.98. The Morgan fingerprint density at radius 1 is 1.35 bits per heavy atom. The van der Waals surface area contributed by atoms with Crippen LogP contribution >= 0.6 is 11.6 Å². The lowest BCUT2D eigenvalue weighted by Crippen LogP contribution is -2.22. The molecule has 3 nitrogen and oxygen atoms in total. The molecule has 0 radical (unpaired) electrons. The minimum atomic E-state index is 0.583. The molecule has 1 N–H and O–H groups in total. The molecule has 0 saturated heterocycles. The van der Waals surface area contributed by atoms with Gasteiger partial charge in [0.05, 0.1) is 0 Å². The highest BCUT2D eigenvalue weighted by atomic mass is 35.5. The van der Waals surface area contributed by atoms with Gasteiger partial charge in [0.1, 0.15) is 16.8 Å². The lowest BCUT2D eigenvalue weighted by Gasteiger charge is -2.26. The zero-order valence-corrected chi connectivity index (χ0v) is 11.3. The Balaban J connectivity index is 2.06. The van der Waals surface area contributed by atoms with Crippen LogP contribution in [0.1, 0.15) is 44.0 Å². The number of nitrogens with zero attached hydrogens (tertiary/aromatic N) is 2. The summed E-state index contributed by atoms with van der Waals surface area (Å²) >= 11 is 6.13. The molecule has 0 aliphatic heterocycles. The average Bonchev–Trinajstić information content (AvgIpc) is 2.23. The Morgan fingerprint density at radius 2 is 2.12 bits per heavy atom. The van der Waals surface area contributed by atoms with Crippen LogP contribution in [-0.2, 0) is 6.42 Å². The molecule has 0 unspecified atom stereocenters. The van der Waals surface area contributed by atoms with E-state index in [-0.39, 0.29) is 0 Å². The molecule has 1 fully saturated rings. The fraction of sp³-hybridized carbons (Fsp3) is 0.692. The quantitative estimate of drug-likeness (QED) is 0.815. The highest BCUT2D eigenvalue weighted by Gasteiger charge is 2.18. The van der Waals surface area contributed by atoms with Crippen LogP contribution in [-0.4, -0.2) is 16.5 Å². The van der Waals surface area contributed by atoms with Crippen molar-refractivity contribution in [3.63, 3.8) is 0 Å². The Bertz CT molecular complexity index is 388. The Morgan fingerprint density at radius 3 is 2.71 bits per heavy atom. The first-order chi connectivity index (χ1) is 8.20. The predicted molar refractivity (Wildman–Crippen MR) is 71.6 cm³/mol. The molecule has 1 heterocycles. The summed E-state index contributed by atoms with van der Waals surface area (Å²) in [6.07, 6.45) is 5.98. The Labute approximate surface area is 108 Å². The minimum Gasteiger partial charge on any atom is -0.369 e. The van der Waals surface area contributed by atoms with E-state index in [9.17, 15) is 0 Å². The van der Waals surface area contributed by atoms with Gasteiger partial charge in [-0.15, -0.1) is 0 Å². The lowest BCUT2D eigenvalue weighted by molar-refractivity contribution is 0.333. The molecule has 1 aromatic heterocycles. The van der Waals surface area contributed by atoms with Gasteiger partial charge in [0, 0.05) is 18.5 Å². The highest BCUT2D eigenvalue weighted by Crippen LogP contribution is 2.27. The van der Waals surface area contributed by atoms with E-state index in [0.29, 0.717) is 5.15 Å². The van der Waals surface area contributed by atoms with E-state index in [1.54, 1.807) is 0 Å². The van der Waals surface area contributed by atoms with Crippen molar-refractivity contribution >= 4 is 17.4 Å². The van der Waals surface area contributed by atoms with E-state index >= 15 is 0 Å². The van der Waals surface area contributed by atoms with E-state index in [1.165, 1.54) is 19.3 Å². The maximum absolute atomic E-state index is 6.13. The molecule has 4 heteroatoms. The van der Waals surface area contributed by atoms with Gasteiger partial charge in [-0.25, -0.2) is 9.97 Å². The SMILES string of the molecule is CCCc1nc(Cl)c(C)c(NCC2CCC2)n1. The number of halogens is 1. The monoisotopic (exact) mass is 253 g/mol. The van der Waals surface area contributed by atoms with Gasteiger partial charge in [-0.2, -0.15) is 0 Å². The number of hydrogen-bond acceptors (Lipinski definition) is 3. The summed E-state index contributed by atoms with van der Waals surface area (Å²) in [6.45, 7) is 5.11. The van der Waals surface area contributed by atoms with Crippen molar-refractivity contribution in [1.82, 2.24) is 9.97 Å². The van der Waals surface area contributed by atoms with Crippen LogP contribution < -0.4 is 5.32 Å².